The summed E-state index contributed by atoms with van der Waals surface area (Å²) in [6.45, 7) is 4.24. The molecule has 122 valence electrons. The highest BCUT2D eigenvalue weighted by Gasteiger charge is 2.11. The molecule has 0 radical (unpaired) electrons. The number of halogens is 1. The van der Waals surface area contributed by atoms with Crippen LogP contribution < -0.4 is 15.4 Å². The van der Waals surface area contributed by atoms with Crippen molar-refractivity contribution in [1.82, 2.24) is 10.2 Å². The summed E-state index contributed by atoms with van der Waals surface area (Å²) in [5, 5.41) is 15.0. The predicted molar refractivity (Wildman–Crippen MR) is 96.0 cm³/mol. The lowest BCUT2D eigenvalue weighted by Crippen LogP contribution is -2.14. The van der Waals surface area contributed by atoms with Crippen LogP contribution in [-0.2, 0) is 4.79 Å². The molecular formula is C14H15ClN4O2S2. The van der Waals surface area contributed by atoms with Crippen molar-refractivity contribution in [2.24, 2.45) is 0 Å². The smallest absolute Gasteiger partial charge is 0.234 e. The summed E-state index contributed by atoms with van der Waals surface area (Å²) in [5.41, 5.74) is 0.538. The fraction of sp³-hybridized carbons (Fsp3) is 0.214. The number of aromatic nitrogens is 2. The van der Waals surface area contributed by atoms with Gasteiger partial charge in [0.05, 0.1) is 18.6 Å². The molecule has 2 N–H and O–H groups in total. The average molecular weight is 371 g/mol. The van der Waals surface area contributed by atoms with Crippen LogP contribution in [0.25, 0.3) is 0 Å². The molecule has 2 rings (SSSR count). The van der Waals surface area contributed by atoms with Crippen molar-refractivity contribution >= 4 is 51.4 Å². The van der Waals surface area contributed by atoms with E-state index in [2.05, 4.69) is 27.4 Å². The standard InChI is InChI=1S/C14H15ClN4O2S2/c1-3-6-16-13-18-19-14(23-13)22-8-12(20)17-10-7-9(15)4-5-11(10)21-2/h3-5,7H,1,6,8H2,2H3,(H,16,18)(H,17,20). The van der Waals surface area contributed by atoms with E-state index >= 15 is 0 Å². The molecule has 0 aliphatic rings. The van der Waals surface area contributed by atoms with E-state index in [4.69, 9.17) is 16.3 Å². The lowest BCUT2D eigenvalue weighted by atomic mass is 10.3. The first-order chi connectivity index (χ1) is 11.1. The van der Waals surface area contributed by atoms with E-state index in [0.29, 0.717) is 32.5 Å². The monoisotopic (exact) mass is 370 g/mol. The van der Waals surface area contributed by atoms with E-state index in [-0.39, 0.29) is 11.7 Å². The molecule has 6 nitrogen and oxygen atoms in total. The van der Waals surface area contributed by atoms with Crippen molar-refractivity contribution in [1.29, 1.82) is 0 Å². The van der Waals surface area contributed by atoms with Crippen LogP contribution in [0.1, 0.15) is 0 Å². The van der Waals surface area contributed by atoms with E-state index in [1.807, 2.05) is 0 Å². The van der Waals surface area contributed by atoms with Crippen molar-refractivity contribution in [3.8, 4) is 5.75 Å². The Kier molecular flexibility index (Phi) is 6.69. The number of rotatable bonds is 8. The summed E-state index contributed by atoms with van der Waals surface area (Å²) in [5.74, 6) is 0.595. The van der Waals surface area contributed by atoms with Gasteiger partial charge >= 0.3 is 0 Å². The molecule has 0 saturated heterocycles. The zero-order valence-corrected chi connectivity index (χ0v) is 14.7. The molecule has 0 spiro atoms. The van der Waals surface area contributed by atoms with Gasteiger partial charge in [0.2, 0.25) is 11.0 Å². The molecule has 0 fully saturated rings. The van der Waals surface area contributed by atoms with Crippen LogP contribution in [0.5, 0.6) is 5.75 Å². The molecule has 9 heteroatoms. The summed E-state index contributed by atoms with van der Waals surface area (Å²) in [6, 6.07) is 5.04. The summed E-state index contributed by atoms with van der Waals surface area (Å²) in [6.07, 6.45) is 1.74. The normalized spacial score (nSPS) is 10.2. The number of ether oxygens (including phenoxy) is 1. The molecule has 0 aliphatic heterocycles. The molecule has 0 saturated carbocycles. The van der Waals surface area contributed by atoms with Crippen LogP contribution in [0.2, 0.25) is 5.02 Å². The average Bonchev–Trinajstić information content (AvgIpc) is 2.99. The maximum Gasteiger partial charge on any atom is 0.234 e. The van der Waals surface area contributed by atoms with Crippen molar-refractivity contribution in [2.75, 3.05) is 30.0 Å². The molecule has 1 heterocycles. The molecule has 0 atom stereocenters. The van der Waals surface area contributed by atoms with Gasteiger partial charge in [-0.05, 0) is 18.2 Å². The largest absolute Gasteiger partial charge is 0.495 e. The Morgan fingerprint density at radius 3 is 3.09 bits per heavy atom. The van der Waals surface area contributed by atoms with E-state index in [9.17, 15) is 4.79 Å². The van der Waals surface area contributed by atoms with Crippen LogP contribution >= 0.6 is 34.7 Å². The van der Waals surface area contributed by atoms with Gasteiger partial charge < -0.3 is 15.4 Å². The summed E-state index contributed by atoms with van der Waals surface area (Å²) < 4.78 is 5.90. The Balaban J connectivity index is 1.89. The van der Waals surface area contributed by atoms with Crippen LogP contribution in [0, 0.1) is 0 Å². The highest BCUT2D eigenvalue weighted by atomic mass is 35.5. The zero-order chi connectivity index (χ0) is 16.7. The van der Waals surface area contributed by atoms with E-state index in [0.717, 1.165) is 0 Å². The molecular weight excluding hydrogens is 356 g/mol. The van der Waals surface area contributed by atoms with Gasteiger partial charge in [-0.15, -0.1) is 16.8 Å². The fourth-order valence-corrected chi connectivity index (χ4v) is 3.32. The Bertz CT molecular complexity index is 693. The minimum atomic E-state index is -0.175. The second-order valence-electron chi connectivity index (χ2n) is 4.22. The third kappa shape index (κ3) is 5.42. The Morgan fingerprint density at radius 2 is 2.35 bits per heavy atom. The van der Waals surface area contributed by atoms with Gasteiger partial charge in [0.1, 0.15) is 5.75 Å². The van der Waals surface area contributed by atoms with Gasteiger partial charge in [-0.3, -0.25) is 4.79 Å². The van der Waals surface area contributed by atoms with Crippen molar-refractivity contribution in [3.63, 3.8) is 0 Å². The van der Waals surface area contributed by atoms with Crippen LogP contribution in [0.4, 0.5) is 10.8 Å². The van der Waals surface area contributed by atoms with Crippen LogP contribution in [-0.4, -0.2) is 35.5 Å². The third-order valence-electron chi connectivity index (χ3n) is 2.57. The molecule has 0 aliphatic carbocycles. The minimum Gasteiger partial charge on any atom is -0.495 e. The summed E-state index contributed by atoms with van der Waals surface area (Å²) in [4.78, 5) is 12.0. The van der Waals surface area contributed by atoms with E-state index < -0.39 is 0 Å². The molecule has 0 unspecified atom stereocenters. The number of carbonyl (C=O) groups is 1. The first kappa shape index (κ1) is 17.6. The highest BCUT2D eigenvalue weighted by Crippen LogP contribution is 2.29. The zero-order valence-electron chi connectivity index (χ0n) is 12.3. The Morgan fingerprint density at radius 1 is 1.52 bits per heavy atom. The third-order valence-corrected chi connectivity index (χ3v) is 4.82. The molecule has 1 aromatic heterocycles. The number of nitrogens with zero attached hydrogens (tertiary/aromatic N) is 2. The molecule has 23 heavy (non-hydrogen) atoms. The van der Waals surface area contributed by atoms with Crippen LogP contribution in [0.3, 0.4) is 0 Å². The van der Waals surface area contributed by atoms with Gasteiger partial charge in [0, 0.05) is 11.6 Å². The van der Waals surface area contributed by atoms with Crippen molar-refractivity contribution in [2.45, 2.75) is 4.34 Å². The Labute approximate surface area is 147 Å². The number of hydrogen-bond acceptors (Lipinski definition) is 7. The number of amides is 1. The molecule has 1 aromatic carbocycles. The van der Waals surface area contributed by atoms with Crippen LogP contribution in [0.15, 0.2) is 35.2 Å². The number of nitrogens with one attached hydrogen (secondary N) is 2. The number of carbonyl (C=O) groups excluding carboxylic acids is 1. The first-order valence-electron chi connectivity index (χ1n) is 6.57. The minimum absolute atomic E-state index is 0.175. The number of anilines is 2. The van der Waals surface area contributed by atoms with Gasteiger partial charge in [-0.1, -0.05) is 40.8 Å². The lowest BCUT2D eigenvalue weighted by Gasteiger charge is -2.09. The summed E-state index contributed by atoms with van der Waals surface area (Å²) >= 11 is 8.63. The molecule has 2 aromatic rings. The lowest BCUT2D eigenvalue weighted by molar-refractivity contribution is -0.113. The van der Waals surface area contributed by atoms with Gasteiger partial charge in [0.15, 0.2) is 4.34 Å². The van der Waals surface area contributed by atoms with Gasteiger partial charge in [0.25, 0.3) is 0 Å². The fourth-order valence-electron chi connectivity index (χ4n) is 1.59. The maximum atomic E-state index is 12.0. The van der Waals surface area contributed by atoms with Crippen molar-refractivity contribution in [3.05, 3.63) is 35.9 Å². The number of methoxy groups -OCH3 is 1. The number of hydrogen-bond donors (Lipinski definition) is 2. The topological polar surface area (TPSA) is 76.1 Å². The number of thioether (sulfide) groups is 1. The van der Waals surface area contributed by atoms with Gasteiger partial charge in [-0.25, -0.2) is 0 Å². The first-order valence-corrected chi connectivity index (χ1v) is 8.75. The molecule has 0 bridgehead atoms. The van der Waals surface area contributed by atoms with Gasteiger partial charge in [-0.2, -0.15) is 0 Å². The number of benzene rings is 1. The van der Waals surface area contributed by atoms with E-state index in [1.165, 1.54) is 30.2 Å². The predicted octanol–water partition coefficient (Wildman–Crippen LogP) is 3.53. The molecule has 1 amide bonds. The Hall–Kier alpha value is -1.77. The SMILES string of the molecule is C=CCNc1nnc(SCC(=O)Nc2cc(Cl)ccc2OC)s1. The van der Waals surface area contributed by atoms with Crippen molar-refractivity contribution < 1.29 is 9.53 Å². The summed E-state index contributed by atoms with van der Waals surface area (Å²) in [7, 11) is 1.53. The highest BCUT2D eigenvalue weighted by molar-refractivity contribution is 8.01. The second-order valence-corrected chi connectivity index (χ2v) is 6.86. The second kappa shape index (κ2) is 8.76. The van der Waals surface area contributed by atoms with E-state index in [1.54, 1.807) is 24.3 Å². The quantitative estimate of drug-likeness (QED) is 0.547. The maximum absolute atomic E-state index is 12.0.